The van der Waals surface area contributed by atoms with Gasteiger partial charge in [0.15, 0.2) is 15.6 Å². The average Bonchev–Trinajstić information content (AvgIpc) is 3.16. The van der Waals surface area contributed by atoms with Gasteiger partial charge in [0.05, 0.1) is 29.4 Å². The minimum absolute atomic E-state index is 0.109. The predicted molar refractivity (Wildman–Crippen MR) is 101 cm³/mol. The summed E-state index contributed by atoms with van der Waals surface area (Å²) in [6.45, 7) is 1.71. The lowest BCUT2D eigenvalue weighted by molar-refractivity contribution is -0.116. The number of sulfone groups is 1. The van der Waals surface area contributed by atoms with Gasteiger partial charge in [0, 0.05) is 17.5 Å². The van der Waals surface area contributed by atoms with E-state index in [-0.39, 0.29) is 16.6 Å². The van der Waals surface area contributed by atoms with E-state index in [9.17, 15) is 18.0 Å². The molecule has 1 N–H and O–H groups in total. The molecule has 1 aromatic carbocycles. The molecule has 29 heavy (non-hydrogen) atoms. The molecule has 0 radical (unpaired) electrons. The number of benzene rings is 1. The number of aromatic nitrogens is 3. The van der Waals surface area contributed by atoms with Gasteiger partial charge in [-0.3, -0.25) is 4.79 Å². The molecule has 3 heterocycles. The summed E-state index contributed by atoms with van der Waals surface area (Å²) in [6.07, 6.45) is 3.01. The normalized spacial score (nSPS) is 15.8. The van der Waals surface area contributed by atoms with Gasteiger partial charge >= 0.3 is 6.16 Å². The fourth-order valence-corrected chi connectivity index (χ4v) is 4.00. The highest BCUT2D eigenvalue weighted by Crippen LogP contribution is 2.40. The summed E-state index contributed by atoms with van der Waals surface area (Å²) >= 11 is 0. The van der Waals surface area contributed by atoms with Gasteiger partial charge in [-0.25, -0.2) is 22.7 Å². The molecule has 2 aromatic heterocycles. The molecule has 3 aromatic rings. The molecule has 1 aliphatic rings. The third-order valence-corrected chi connectivity index (χ3v) is 5.84. The summed E-state index contributed by atoms with van der Waals surface area (Å²) in [6, 6.07) is 4.48. The van der Waals surface area contributed by atoms with Gasteiger partial charge in [-0.1, -0.05) is 6.07 Å². The predicted octanol–water partition coefficient (Wildman–Crippen LogP) is 1.67. The quantitative estimate of drug-likeness (QED) is 0.639. The van der Waals surface area contributed by atoms with Crippen molar-refractivity contribution < 1.29 is 27.5 Å². The Morgan fingerprint density at radius 1 is 1.31 bits per heavy atom. The summed E-state index contributed by atoms with van der Waals surface area (Å²) < 4.78 is 34.7. The minimum Gasteiger partial charge on any atom is -0.437 e. The fourth-order valence-electron chi connectivity index (χ4n) is 3.36. The van der Waals surface area contributed by atoms with Crippen LogP contribution in [0.15, 0.2) is 35.6 Å². The zero-order chi connectivity index (χ0) is 20.9. The third-order valence-electron chi connectivity index (χ3n) is 4.73. The van der Waals surface area contributed by atoms with Crippen LogP contribution in [0.2, 0.25) is 0 Å². The van der Waals surface area contributed by atoms with E-state index >= 15 is 0 Å². The standard InChI is InChI=1S/C18H16N4O6S/c1-9-13(28-18(24)27-2)7-22-16(9)15(19-8-20-22)14-11-5-4-10(29(3,25)26)6-12(11)21-17(14)23/h4-8,14H,1-3H3,(H,21,23). The van der Waals surface area contributed by atoms with Gasteiger partial charge < -0.3 is 14.8 Å². The lowest BCUT2D eigenvalue weighted by Gasteiger charge is -2.11. The summed E-state index contributed by atoms with van der Waals surface area (Å²) in [5.41, 5.74) is 2.47. The van der Waals surface area contributed by atoms with Crippen LogP contribution in [0, 0.1) is 6.92 Å². The van der Waals surface area contributed by atoms with E-state index in [1.165, 1.54) is 36.3 Å². The number of anilines is 1. The molecule has 1 unspecified atom stereocenters. The maximum atomic E-state index is 12.7. The first-order valence-corrected chi connectivity index (χ1v) is 10.3. The van der Waals surface area contributed by atoms with Crippen molar-refractivity contribution in [2.24, 2.45) is 0 Å². The Labute approximate surface area is 165 Å². The second-order valence-corrected chi connectivity index (χ2v) is 8.57. The number of aryl methyl sites for hydroxylation is 1. The van der Waals surface area contributed by atoms with Crippen molar-refractivity contribution in [1.29, 1.82) is 0 Å². The van der Waals surface area contributed by atoms with Gasteiger partial charge in [0.2, 0.25) is 5.91 Å². The van der Waals surface area contributed by atoms with E-state index in [4.69, 9.17) is 4.74 Å². The van der Waals surface area contributed by atoms with Crippen molar-refractivity contribution in [2.75, 3.05) is 18.7 Å². The van der Waals surface area contributed by atoms with Crippen LogP contribution >= 0.6 is 0 Å². The van der Waals surface area contributed by atoms with E-state index in [0.717, 1.165) is 6.26 Å². The van der Waals surface area contributed by atoms with Crippen LogP contribution in [0.3, 0.4) is 0 Å². The molecule has 150 valence electrons. The zero-order valence-corrected chi connectivity index (χ0v) is 16.5. The lowest BCUT2D eigenvalue weighted by atomic mass is 9.95. The highest BCUT2D eigenvalue weighted by Gasteiger charge is 2.36. The number of hydrogen-bond acceptors (Lipinski definition) is 8. The topological polar surface area (TPSA) is 129 Å². The second-order valence-electron chi connectivity index (χ2n) is 6.56. The number of hydrogen-bond donors (Lipinski definition) is 1. The molecular weight excluding hydrogens is 400 g/mol. The van der Waals surface area contributed by atoms with Gasteiger partial charge in [-0.2, -0.15) is 5.10 Å². The summed E-state index contributed by atoms with van der Waals surface area (Å²) in [5.74, 6) is -0.893. The number of methoxy groups -OCH3 is 1. The number of amides is 1. The third kappa shape index (κ3) is 3.09. The molecule has 1 amide bonds. The summed E-state index contributed by atoms with van der Waals surface area (Å²) in [4.78, 5) is 28.6. The minimum atomic E-state index is -3.42. The Balaban J connectivity index is 1.86. The molecule has 1 atom stereocenters. The SMILES string of the molecule is COC(=O)Oc1cn2ncnc(C3C(=O)Nc4cc(S(C)(=O)=O)ccc43)c2c1C. The molecule has 0 bridgehead atoms. The first-order chi connectivity index (χ1) is 13.7. The summed E-state index contributed by atoms with van der Waals surface area (Å²) in [7, 11) is -2.22. The number of nitrogens with one attached hydrogen (secondary N) is 1. The number of rotatable bonds is 3. The Morgan fingerprint density at radius 2 is 2.07 bits per heavy atom. The summed E-state index contributed by atoms with van der Waals surface area (Å²) in [5, 5.41) is 6.83. The van der Waals surface area contributed by atoms with Crippen molar-refractivity contribution in [3.05, 3.63) is 47.5 Å². The molecule has 0 saturated carbocycles. The van der Waals surface area contributed by atoms with E-state index < -0.39 is 21.9 Å². The van der Waals surface area contributed by atoms with Gasteiger partial charge in [0.25, 0.3) is 0 Å². The maximum Gasteiger partial charge on any atom is 0.513 e. The molecule has 0 aliphatic carbocycles. The molecule has 0 saturated heterocycles. The Hall–Kier alpha value is -3.47. The molecule has 11 heteroatoms. The van der Waals surface area contributed by atoms with E-state index in [0.29, 0.717) is 28.0 Å². The zero-order valence-electron chi connectivity index (χ0n) is 15.7. The van der Waals surface area contributed by atoms with Crippen molar-refractivity contribution in [3.8, 4) is 5.75 Å². The first kappa shape index (κ1) is 18.9. The molecule has 0 fully saturated rings. The van der Waals surface area contributed by atoms with Crippen LogP contribution in [0.25, 0.3) is 5.52 Å². The number of fused-ring (bicyclic) bond motifs is 2. The number of ether oxygens (including phenoxy) is 2. The number of nitrogens with zero attached hydrogens (tertiary/aromatic N) is 3. The molecular formula is C18H16N4O6S. The highest BCUT2D eigenvalue weighted by atomic mass is 32.2. The van der Waals surface area contributed by atoms with E-state index in [1.807, 2.05) is 0 Å². The van der Waals surface area contributed by atoms with Crippen LogP contribution < -0.4 is 10.1 Å². The highest BCUT2D eigenvalue weighted by molar-refractivity contribution is 7.90. The smallest absolute Gasteiger partial charge is 0.437 e. The van der Waals surface area contributed by atoms with Crippen molar-refractivity contribution >= 4 is 33.1 Å². The fraction of sp³-hybridized carbons (Fsp3) is 0.222. The van der Waals surface area contributed by atoms with Gasteiger partial charge in [-0.15, -0.1) is 0 Å². The largest absolute Gasteiger partial charge is 0.513 e. The lowest BCUT2D eigenvalue weighted by Crippen LogP contribution is -2.16. The monoisotopic (exact) mass is 416 g/mol. The molecule has 10 nitrogen and oxygen atoms in total. The van der Waals surface area contributed by atoms with Gasteiger partial charge in [0.1, 0.15) is 12.2 Å². The van der Waals surface area contributed by atoms with Crippen LogP contribution in [0.4, 0.5) is 10.5 Å². The number of carbonyl (C=O) groups is 2. The van der Waals surface area contributed by atoms with Crippen LogP contribution in [-0.2, 0) is 19.4 Å². The molecule has 0 spiro atoms. The van der Waals surface area contributed by atoms with Crippen LogP contribution in [0.1, 0.15) is 22.7 Å². The molecule has 1 aliphatic heterocycles. The Bertz CT molecular complexity index is 1280. The molecule has 4 rings (SSSR count). The van der Waals surface area contributed by atoms with Crippen LogP contribution in [0.5, 0.6) is 5.75 Å². The van der Waals surface area contributed by atoms with Crippen molar-refractivity contribution in [2.45, 2.75) is 17.7 Å². The Morgan fingerprint density at radius 3 is 2.76 bits per heavy atom. The average molecular weight is 416 g/mol. The maximum absolute atomic E-state index is 12.7. The van der Waals surface area contributed by atoms with Crippen LogP contribution in [-0.4, -0.2) is 48.4 Å². The van der Waals surface area contributed by atoms with Crippen molar-refractivity contribution in [3.63, 3.8) is 0 Å². The Kier molecular flexibility index (Phi) is 4.26. The van der Waals surface area contributed by atoms with E-state index in [2.05, 4.69) is 20.1 Å². The van der Waals surface area contributed by atoms with Crippen molar-refractivity contribution in [1.82, 2.24) is 14.6 Å². The second kappa shape index (κ2) is 6.55. The number of carbonyl (C=O) groups excluding carboxylic acids is 2. The first-order valence-electron chi connectivity index (χ1n) is 8.44. The van der Waals surface area contributed by atoms with Gasteiger partial charge in [-0.05, 0) is 24.6 Å². The van der Waals surface area contributed by atoms with E-state index in [1.54, 1.807) is 13.0 Å².